The molecule has 0 radical (unpaired) electrons. The number of carbonyl (C=O) groups excluding carboxylic acids is 2. The third-order valence-corrected chi connectivity index (χ3v) is 6.60. The number of anilines is 2. The van der Waals surface area contributed by atoms with Gasteiger partial charge in [0.1, 0.15) is 0 Å². The van der Waals surface area contributed by atoms with Gasteiger partial charge < -0.3 is 5.32 Å². The number of piperidine rings is 1. The van der Waals surface area contributed by atoms with Gasteiger partial charge in [0.2, 0.25) is 5.91 Å². The van der Waals surface area contributed by atoms with E-state index in [1.807, 2.05) is 29.6 Å². The van der Waals surface area contributed by atoms with Gasteiger partial charge in [-0.2, -0.15) is 0 Å². The number of benzene rings is 1. The zero-order valence-electron chi connectivity index (χ0n) is 16.6. The van der Waals surface area contributed by atoms with Crippen molar-refractivity contribution in [1.82, 2.24) is 9.88 Å². The van der Waals surface area contributed by atoms with Crippen molar-refractivity contribution in [3.8, 4) is 0 Å². The number of hydrogen-bond acceptors (Lipinski definition) is 6. The number of nitrogens with zero attached hydrogens (tertiary/aromatic N) is 2. The molecule has 1 aliphatic heterocycles. The number of rotatable bonds is 7. The summed E-state index contributed by atoms with van der Waals surface area (Å²) in [5, 5.41) is 9.90. The highest BCUT2D eigenvalue weighted by atomic mass is 32.1. The minimum atomic E-state index is -0.180. The Balaban J connectivity index is 1.30. The standard InChI is InChI=1S/C22H24N4O2S2/c27-20(13-18-15-30-22(24-18)25-21(28)19-8-5-11-29-19)23-17-7-4-6-16(12-17)14-26-9-2-1-3-10-26/h4-8,11-12,15H,1-3,9-10,13-14H2,(H,23,27)(H,24,25,28). The normalized spacial score (nSPS) is 14.4. The lowest BCUT2D eigenvalue weighted by Gasteiger charge is -2.26. The van der Waals surface area contributed by atoms with Crippen LogP contribution in [-0.2, 0) is 17.8 Å². The molecule has 2 amide bonds. The van der Waals surface area contributed by atoms with Crippen LogP contribution < -0.4 is 10.6 Å². The zero-order chi connectivity index (χ0) is 20.8. The number of amides is 2. The first kappa shape index (κ1) is 20.7. The SMILES string of the molecule is O=C(Cc1csc(NC(=O)c2cccs2)n1)Nc1cccc(CN2CCCCC2)c1. The summed E-state index contributed by atoms with van der Waals surface area (Å²) in [5.74, 6) is -0.299. The molecule has 0 aliphatic carbocycles. The Hall–Kier alpha value is -2.55. The van der Waals surface area contributed by atoms with E-state index in [0.717, 1.165) is 25.3 Å². The molecule has 2 aromatic heterocycles. The van der Waals surface area contributed by atoms with Crippen LogP contribution in [0.15, 0.2) is 47.2 Å². The quantitative estimate of drug-likeness (QED) is 0.562. The van der Waals surface area contributed by atoms with Crippen LogP contribution in [0.4, 0.5) is 10.8 Å². The largest absolute Gasteiger partial charge is 0.326 e. The van der Waals surface area contributed by atoms with Crippen molar-refractivity contribution in [3.63, 3.8) is 0 Å². The van der Waals surface area contributed by atoms with E-state index < -0.39 is 0 Å². The van der Waals surface area contributed by atoms with Crippen LogP contribution >= 0.6 is 22.7 Å². The van der Waals surface area contributed by atoms with Crippen molar-refractivity contribution < 1.29 is 9.59 Å². The fraction of sp³-hybridized carbons (Fsp3) is 0.318. The van der Waals surface area contributed by atoms with E-state index in [9.17, 15) is 9.59 Å². The second-order valence-corrected chi connectivity index (χ2v) is 9.14. The highest BCUT2D eigenvalue weighted by Gasteiger charge is 2.13. The molecule has 3 aromatic rings. The van der Waals surface area contributed by atoms with E-state index >= 15 is 0 Å². The Labute approximate surface area is 184 Å². The average molecular weight is 441 g/mol. The maximum Gasteiger partial charge on any atom is 0.267 e. The second-order valence-electron chi connectivity index (χ2n) is 7.34. The molecule has 156 valence electrons. The first-order valence-corrected chi connectivity index (χ1v) is 11.8. The number of aromatic nitrogens is 1. The van der Waals surface area contributed by atoms with Crippen LogP contribution in [0.2, 0.25) is 0 Å². The highest BCUT2D eigenvalue weighted by Crippen LogP contribution is 2.20. The van der Waals surface area contributed by atoms with E-state index in [1.54, 1.807) is 11.4 Å². The summed E-state index contributed by atoms with van der Waals surface area (Å²) in [6, 6.07) is 11.6. The summed E-state index contributed by atoms with van der Waals surface area (Å²) in [7, 11) is 0. The van der Waals surface area contributed by atoms with Gasteiger partial charge >= 0.3 is 0 Å². The number of carbonyl (C=O) groups is 2. The van der Waals surface area contributed by atoms with Crippen molar-refractivity contribution in [1.29, 1.82) is 0 Å². The van der Waals surface area contributed by atoms with Crippen LogP contribution in [0.5, 0.6) is 0 Å². The fourth-order valence-corrected chi connectivity index (χ4v) is 4.83. The lowest BCUT2D eigenvalue weighted by Crippen LogP contribution is -2.29. The molecule has 0 unspecified atom stereocenters. The predicted octanol–water partition coefficient (Wildman–Crippen LogP) is 4.62. The number of thiophene rings is 1. The summed E-state index contributed by atoms with van der Waals surface area (Å²) in [4.78, 5) is 32.0. The van der Waals surface area contributed by atoms with Crippen LogP contribution in [0.25, 0.3) is 0 Å². The molecule has 1 fully saturated rings. The Morgan fingerprint density at radius 1 is 1.03 bits per heavy atom. The maximum absolute atomic E-state index is 12.5. The molecule has 0 atom stereocenters. The molecule has 30 heavy (non-hydrogen) atoms. The molecule has 3 heterocycles. The van der Waals surface area contributed by atoms with Gasteiger partial charge in [-0.3, -0.25) is 19.8 Å². The van der Waals surface area contributed by atoms with Crippen molar-refractivity contribution in [2.75, 3.05) is 23.7 Å². The molecular formula is C22H24N4O2S2. The van der Waals surface area contributed by atoms with Gasteiger partial charge in [-0.15, -0.1) is 22.7 Å². The van der Waals surface area contributed by atoms with Crippen molar-refractivity contribution in [3.05, 3.63) is 63.3 Å². The monoisotopic (exact) mass is 440 g/mol. The Morgan fingerprint density at radius 2 is 1.90 bits per heavy atom. The molecule has 6 nitrogen and oxygen atoms in total. The second kappa shape index (κ2) is 9.97. The van der Waals surface area contributed by atoms with E-state index in [-0.39, 0.29) is 18.2 Å². The molecule has 1 aliphatic rings. The van der Waals surface area contributed by atoms with E-state index in [4.69, 9.17) is 0 Å². The van der Waals surface area contributed by atoms with Crippen molar-refractivity contribution in [2.24, 2.45) is 0 Å². The van der Waals surface area contributed by atoms with Crippen LogP contribution in [0.3, 0.4) is 0 Å². The van der Waals surface area contributed by atoms with Gasteiger partial charge in [0.25, 0.3) is 5.91 Å². The van der Waals surface area contributed by atoms with Crippen LogP contribution in [0, 0.1) is 0 Å². The summed E-state index contributed by atoms with van der Waals surface area (Å²) in [5.41, 5.74) is 2.65. The highest BCUT2D eigenvalue weighted by molar-refractivity contribution is 7.14. The van der Waals surface area contributed by atoms with Crippen LogP contribution in [0.1, 0.15) is 40.2 Å². The zero-order valence-corrected chi connectivity index (χ0v) is 18.2. The number of likely N-dealkylation sites (tertiary alicyclic amines) is 1. The van der Waals surface area contributed by atoms with Gasteiger partial charge in [0, 0.05) is 17.6 Å². The topological polar surface area (TPSA) is 74.3 Å². The van der Waals surface area contributed by atoms with E-state index in [2.05, 4.69) is 26.6 Å². The first-order valence-electron chi connectivity index (χ1n) is 10.1. The summed E-state index contributed by atoms with van der Waals surface area (Å²) in [6.07, 6.45) is 4.02. The van der Waals surface area contributed by atoms with Gasteiger partial charge in [-0.05, 0) is 55.1 Å². The van der Waals surface area contributed by atoms with Crippen molar-refractivity contribution in [2.45, 2.75) is 32.2 Å². The van der Waals surface area contributed by atoms with Gasteiger partial charge in [-0.25, -0.2) is 4.98 Å². The lowest BCUT2D eigenvalue weighted by molar-refractivity contribution is -0.115. The number of nitrogens with one attached hydrogen (secondary N) is 2. The molecule has 4 rings (SSSR count). The molecule has 1 aromatic carbocycles. The van der Waals surface area contributed by atoms with E-state index in [1.165, 1.54) is 47.5 Å². The van der Waals surface area contributed by atoms with E-state index in [0.29, 0.717) is 15.7 Å². The molecule has 0 spiro atoms. The minimum absolute atomic E-state index is 0.119. The number of hydrogen-bond donors (Lipinski definition) is 2. The minimum Gasteiger partial charge on any atom is -0.326 e. The third kappa shape index (κ3) is 5.75. The predicted molar refractivity (Wildman–Crippen MR) is 122 cm³/mol. The lowest BCUT2D eigenvalue weighted by atomic mass is 10.1. The summed E-state index contributed by atoms with van der Waals surface area (Å²) >= 11 is 2.70. The Morgan fingerprint density at radius 3 is 2.70 bits per heavy atom. The van der Waals surface area contributed by atoms with Crippen molar-refractivity contribution >= 4 is 45.3 Å². The average Bonchev–Trinajstić information content (AvgIpc) is 3.41. The summed E-state index contributed by atoms with van der Waals surface area (Å²) in [6.45, 7) is 3.21. The van der Waals surface area contributed by atoms with Gasteiger partial charge in [0.15, 0.2) is 5.13 Å². The Kier molecular flexibility index (Phi) is 6.88. The maximum atomic E-state index is 12.5. The fourth-order valence-electron chi connectivity index (χ4n) is 3.50. The number of thiazole rings is 1. The summed E-state index contributed by atoms with van der Waals surface area (Å²) < 4.78 is 0. The van der Waals surface area contributed by atoms with Gasteiger partial charge in [0.05, 0.1) is 17.0 Å². The van der Waals surface area contributed by atoms with Crippen LogP contribution in [-0.4, -0.2) is 34.8 Å². The first-order chi connectivity index (χ1) is 14.7. The van der Waals surface area contributed by atoms with Gasteiger partial charge in [-0.1, -0.05) is 24.6 Å². The smallest absolute Gasteiger partial charge is 0.267 e. The molecule has 8 heteroatoms. The third-order valence-electron chi connectivity index (χ3n) is 4.92. The molecule has 1 saturated heterocycles. The molecule has 2 N–H and O–H groups in total. The molecular weight excluding hydrogens is 416 g/mol. The molecule has 0 bridgehead atoms. The molecule has 0 saturated carbocycles. The Bertz CT molecular complexity index is 994.